The SMILES string of the molecule is CC(C)(C)c1[c-]c2c(cc1C(C)(C)C)-c1cc(C(C)(C)C)c(C(C)(C)C)cc1C2.CC(C)(C)c1ccc([C](=[Hf+2])c2ccc(C(C)(C)C)cc2)cc1.Cl.Cl.[C-]1=CC=CC1. The average molecular weight is 985 g/mol. The van der Waals surface area contributed by atoms with Gasteiger partial charge in [0.25, 0.3) is 0 Å². The van der Waals surface area contributed by atoms with Crippen molar-refractivity contribution in [3.8, 4) is 11.1 Å². The largest absolute Gasteiger partial charge is 0.273 e. The van der Waals surface area contributed by atoms with Gasteiger partial charge in [-0.05, 0) is 39.4 Å². The van der Waals surface area contributed by atoms with Gasteiger partial charge in [-0.1, -0.05) is 106 Å². The van der Waals surface area contributed by atoms with E-state index in [0.717, 1.165) is 36.7 Å². The van der Waals surface area contributed by atoms with E-state index in [9.17, 15) is 0 Å². The van der Waals surface area contributed by atoms with Crippen molar-refractivity contribution in [2.24, 2.45) is 0 Å². The monoisotopic (exact) mass is 984 g/mol. The standard InChI is InChI=1S/C29H41.C21H26.C5H5.2ClH.Hf/c1-26(2,3)22-14-18-13-19-15-23(27(4,5)6)25(29(10,11)12)17-21(19)20(18)16-24(22)28(7,8)9;1-20(2,3)18-11-7-16(8-12-18)15-17-9-13-19(14-10-17)21(4,5)6;1-2-4-5-3-1;;;/h14,16-17H,13H2,1-12H3;7-14H,1-6H3;1-3H,4H2;2*1H;/q-1;;-1;;;+2. The molecule has 2 aliphatic carbocycles. The third-order valence-corrected chi connectivity index (χ3v) is 13.0. The molecule has 4 aromatic rings. The Morgan fingerprint density at radius 3 is 1.24 bits per heavy atom. The quantitative estimate of drug-likeness (QED) is 0.122. The van der Waals surface area contributed by atoms with Crippen molar-refractivity contribution >= 4 is 28.1 Å². The first-order valence-corrected chi connectivity index (χ1v) is 22.6. The molecule has 0 atom stereocenters. The number of allylic oxidation sites excluding steroid dienone is 4. The molecule has 0 radical (unpaired) electrons. The molecule has 0 N–H and O–H groups in total. The van der Waals surface area contributed by atoms with Gasteiger partial charge in [-0.2, -0.15) is 23.8 Å². The second-order valence-corrected chi connectivity index (χ2v) is 24.0. The summed E-state index contributed by atoms with van der Waals surface area (Å²) in [5, 5.41) is 0. The van der Waals surface area contributed by atoms with Crippen molar-refractivity contribution in [1.82, 2.24) is 0 Å². The number of fused-ring (bicyclic) bond motifs is 3. The Morgan fingerprint density at radius 1 is 0.500 bits per heavy atom. The fourth-order valence-electron chi connectivity index (χ4n) is 7.41. The molecular weight excluding hydrogens is 910 g/mol. The van der Waals surface area contributed by atoms with Crippen LogP contribution in [0.25, 0.3) is 11.1 Å². The van der Waals surface area contributed by atoms with E-state index in [1.54, 1.807) is 0 Å². The maximum atomic E-state index is 3.90. The summed E-state index contributed by atoms with van der Waals surface area (Å²) in [5.41, 5.74) is 17.9. The van der Waals surface area contributed by atoms with Crippen molar-refractivity contribution in [2.75, 3.05) is 0 Å². The van der Waals surface area contributed by atoms with Crippen LogP contribution in [0.2, 0.25) is 0 Å². The summed E-state index contributed by atoms with van der Waals surface area (Å²) in [6.45, 7) is 41.6. The predicted molar refractivity (Wildman–Crippen MR) is 258 cm³/mol. The number of rotatable bonds is 2. The minimum atomic E-state index is 0. The molecule has 0 amide bonds. The van der Waals surface area contributed by atoms with E-state index < -0.39 is 0 Å². The van der Waals surface area contributed by atoms with E-state index in [4.69, 9.17) is 0 Å². The molecule has 2 aliphatic rings. The molecule has 0 spiro atoms. The Morgan fingerprint density at radius 2 is 0.914 bits per heavy atom. The van der Waals surface area contributed by atoms with E-state index >= 15 is 0 Å². The van der Waals surface area contributed by atoms with Crippen molar-refractivity contribution in [1.29, 1.82) is 0 Å². The van der Waals surface area contributed by atoms with Crippen molar-refractivity contribution in [3.05, 3.63) is 153 Å². The molecule has 0 nitrogen and oxygen atoms in total. The van der Waals surface area contributed by atoms with Gasteiger partial charge in [-0.3, -0.25) is 6.08 Å². The first-order valence-electron chi connectivity index (χ1n) is 20.8. The number of hydrogen-bond acceptors (Lipinski definition) is 0. The van der Waals surface area contributed by atoms with Crippen LogP contribution in [0.1, 0.15) is 187 Å². The molecule has 3 heteroatoms. The van der Waals surface area contributed by atoms with E-state index in [0.29, 0.717) is 0 Å². The van der Waals surface area contributed by atoms with Crippen LogP contribution in [0.3, 0.4) is 0 Å². The van der Waals surface area contributed by atoms with Gasteiger partial charge in [-0.15, -0.1) is 47.9 Å². The van der Waals surface area contributed by atoms with Gasteiger partial charge in [-0.25, -0.2) is 12.2 Å². The first-order chi connectivity index (χ1) is 25.5. The maximum absolute atomic E-state index is 3.90. The molecule has 312 valence electrons. The Bertz CT molecular complexity index is 1920. The summed E-state index contributed by atoms with van der Waals surface area (Å²) in [6.07, 6.45) is 11.0. The van der Waals surface area contributed by atoms with Crippen LogP contribution in [0.5, 0.6) is 0 Å². The molecule has 0 fully saturated rings. The Labute approximate surface area is 383 Å². The summed E-state index contributed by atoms with van der Waals surface area (Å²) in [4.78, 5) is 0. The Balaban J connectivity index is 0.000000354. The van der Waals surface area contributed by atoms with E-state index in [1.807, 2.05) is 12.2 Å². The summed E-state index contributed by atoms with van der Waals surface area (Å²) in [7, 11) is 0. The minimum Gasteiger partial charge on any atom is -0.273 e. The van der Waals surface area contributed by atoms with Crippen molar-refractivity contribution in [3.63, 3.8) is 0 Å². The Hall–Kier alpha value is -2.32. The molecule has 0 unspecified atom stereocenters. The van der Waals surface area contributed by atoms with E-state index in [1.165, 1.54) is 70.0 Å². The summed E-state index contributed by atoms with van der Waals surface area (Å²) in [5.74, 6) is 0. The molecule has 58 heavy (non-hydrogen) atoms. The molecule has 6 rings (SSSR count). The zero-order chi connectivity index (χ0) is 42.2. The van der Waals surface area contributed by atoms with Gasteiger partial charge in [0.1, 0.15) is 0 Å². The van der Waals surface area contributed by atoms with Gasteiger partial charge in [0.2, 0.25) is 0 Å². The summed E-state index contributed by atoms with van der Waals surface area (Å²) < 4.78 is 1.47. The molecule has 0 saturated carbocycles. The fraction of sp³-hybridized carbons (Fsp3) is 0.473. The van der Waals surface area contributed by atoms with Crippen molar-refractivity contribution in [2.45, 2.75) is 170 Å². The van der Waals surface area contributed by atoms with Gasteiger partial charge in [0.15, 0.2) is 0 Å². The van der Waals surface area contributed by atoms with Crippen LogP contribution in [-0.4, -0.2) is 3.26 Å². The van der Waals surface area contributed by atoms with E-state index in [-0.39, 0.29) is 57.3 Å². The molecule has 0 bridgehead atoms. The zero-order valence-corrected chi connectivity index (χ0v) is 44.5. The van der Waals surface area contributed by atoms with Crippen LogP contribution < -0.4 is 0 Å². The molecular formula is C55H74Cl2Hf. The number of halogens is 2. The topological polar surface area (TPSA) is 0 Å². The number of hydrogen-bond donors (Lipinski definition) is 0. The predicted octanol–water partition coefficient (Wildman–Crippen LogP) is 15.8. The molecule has 0 aliphatic heterocycles. The number of benzene rings is 4. The third kappa shape index (κ3) is 13.1. The summed E-state index contributed by atoms with van der Waals surface area (Å²) >= 11 is 1.06. The van der Waals surface area contributed by atoms with Crippen LogP contribution in [0.15, 0.2) is 85.0 Å². The molecule has 0 aromatic heterocycles. The molecule has 0 saturated heterocycles. The van der Waals surface area contributed by atoms with E-state index in [2.05, 4.69) is 210 Å². The Kier molecular flexibility index (Phi) is 17.1. The van der Waals surface area contributed by atoms with Crippen LogP contribution >= 0.6 is 24.8 Å². The van der Waals surface area contributed by atoms with Gasteiger partial charge in [0, 0.05) is 0 Å². The maximum Gasteiger partial charge on any atom is -0.109 e. The zero-order valence-electron chi connectivity index (χ0n) is 39.3. The third-order valence-electron chi connectivity index (χ3n) is 10.9. The first kappa shape index (κ1) is 51.8. The minimum absolute atomic E-state index is 0. The van der Waals surface area contributed by atoms with Gasteiger partial charge < -0.3 is 0 Å². The molecule has 4 aromatic carbocycles. The second-order valence-electron chi connectivity index (χ2n) is 22.2. The van der Waals surface area contributed by atoms with Crippen molar-refractivity contribution < 1.29 is 23.9 Å². The average Bonchev–Trinajstić information content (AvgIpc) is 3.77. The van der Waals surface area contributed by atoms with Crippen LogP contribution in [0.4, 0.5) is 0 Å². The van der Waals surface area contributed by atoms with Crippen LogP contribution in [0, 0.1) is 12.1 Å². The summed E-state index contributed by atoms with van der Waals surface area (Å²) in [6, 6.07) is 29.6. The molecule has 0 heterocycles. The normalized spacial score (nSPS) is 13.6. The smallest absolute Gasteiger partial charge is 0.109 e. The van der Waals surface area contributed by atoms with Gasteiger partial charge in [0.05, 0.1) is 0 Å². The second kappa shape index (κ2) is 19.2. The van der Waals surface area contributed by atoms with Gasteiger partial charge >= 0.3 is 150 Å². The van der Waals surface area contributed by atoms with Crippen LogP contribution in [-0.2, 0) is 62.8 Å². The fourth-order valence-corrected chi connectivity index (χ4v) is 8.60.